The molecule has 27 heavy (non-hydrogen) atoms. The predicted molar refractivity (Wildman–Crippen MR) is 113 cm³/mol. The van der Waals surface area contributed by atoms with E-state index in [-0.39, 0.29) is 11.7 Å². The summed E-state index contributed by atoms with van der Waals surface area (Å²) < 4.78 is 7.79. The van der Waals surface area contributed by atoms with Crippen LogP contribution in [0.25, 0.3) is 15.9 Å². The Balaban J connectivity index is 1.95. The first-order valence-corrected chi connectivity index (χ1v) is 11.2. The molecule has 0 bridgehead atoms. The van der Waals surface area contributed by atoms with Gasteiger partial charge in [0.1, 0.15) is 4.83 Å². The van der Waals surface area contributed by atoms with Gasteiger partial charge >= 0.3 is 0 Å². The largest absolute Gasteiger partial charge is 0.372 e. The Morgan fingerprint density at radius 3 is 2.74 bits per heavy atom. The maximum absolute atomic E-state index is 13.6. The van der Waals surface area contributed by atoms with Crippen LogP contribution in [0.5, 0.6) is 0 Å². The van der Waals surface area contributed by atoms with E-state index >= 15 is 0 Å². The summed E-state index contributed by atoms with van der Waals surface area (Å²) in [6.45, 7) is 9.06. The van der Waals surface area contributed by atoms with Crippen LogP contribution < -0.4 is 5.56 Å². The first-order valence-electron chi connectivity index (χ1n) is 9.38. The van der Waals surface area contributed by atoms with E-state index in [4.69, 9.17) is 9.72 Å². The van der Waals surface area contributed by atoms with Gasteiger partial charge in [0, 0.05) is 11.3 Å². The van der Waals surface area contributed by atoms with Gasteiger partial charge < -0.3 is 4.74 Å². The molecule has 1 aliphatic heterocycles. The lowest BCUT2D eigenvalue weighted by molar-refractivity contribution is 0.00200. The van der Waals surface area contributed by atoms with Crippen LogP contribution in [0.15, 0.2) is 34.2 Å². The summed E-state index contributed by atoms with van der Waals surface area (Å²) in [5, 5.41) is 1.55. The minimum Gasteiger partial charge on any atom is -0.372 e. The third kappa shape index (κ3) is 3.35. The number of ether oxygens (including phenoxy) is 1. The second-order valence-corrected chi connectivity index (χ2v) is 9.60. The van der Waals surface area contributed by atoms with Gasteiger partial charge in [-0.25, -0.2) is 4.98 Å². The van der Waals surface area contributed by atoms with Gasteiger partial charge in [-0.15, -0.1) is 11.3 Å². The van der Waals surface area contributed by atoms with E-state index in [9.17, 15) is 4.79 Å². The number of fused-ring (bicyclic) bond motifs is 3. The van der Waals surface area contributed by atoms with Gasteiger partial charge in [-0.05, 0) is 36.3 Å². The molecule has 3 aromatic rings. The maximum atomic E-state index is 13.6. The van der Waals surface area contributed by atoms with Crippen molar-refractivity contribution in [2.24, 2.45) is 5.92 Å². The number of benzene rings is 1. The molecule has 0 fully saturated rings. The predicted octanol–water partition coefficient (Wildman–Crippen LogP) is 4.96. The number of nitrogens with zero attached hydrogens (tertiary/aromatic N) is 2. The molecule has 0 saturated carbocycles. The molecular weight excluding hydrogens is 376 g/mol. The highest BCUT2D eigenvalue weighted by atomic mass is 32.2. The van der Waals surface area contributed by atoms with E-state index in [1.54, 1.807) is 27.7 Å². The molecule has 4 nitrogen and oxygen atoms in total. The normalized spacial score (nSPS) is 16.9. The fraction of sp³-hybridized carbons (Fsp3) is 0.429. The van der Waals surface area contributed by atoms with E-state index in [1.165, 1.54) is 5.56 Å². The van der Waals surface area contributed by atoms with Crippen LogP contribution in [0.4, 0.5) is 0 Å². The van der Waals surface area contributed by atoms with Gasteiger partial charge in [-0.3, -0.25) is 9.36 Å². The number of aryl methyl sites for hydroxylation is 1. The summed E-state index contributed by atoms with van der Waals surface area (Å²) >= 11 is 3.22. The summed E-state index contributed by atoms with van der Waals surface area (Å²) in [6.07, 6.45) is 0.949. The quantitative estimate of drug-likeness (QED) is 0.458. The Labute approximate surface area is 167 Å². The molecule has 0 aliphatic carbocycles. The lowest BCUT2D eigenvalue weighted by Gasteiger charge is -2.26. The number of thioether (sulfide) groups is 1. The van der Waals surface area contributed by atoms with E-state index in [1.807, 2.05) is 24.3 Å². The minimum absolute atomic E-state index is 0.0432. The monoisotopic (exact) mass is 400 g/mol. The smallest absolute Gasteiger partial charge is 0.267 e. The van der Waals surface area contributed by atoms with Crippen molar-refractivity contribution in [1.82, 2.24) is 9.55 Å². The molecule has 4 rings (SSSR count). The first-order chi connectivity index (χ1) is 13.0. The molecule has 0 amide bonds. The van der Waals surface area contributed by atoms with Gasteiger partial charge in [-0.2, -0.15) is 0 Å². The van der Waals surface area contributed by atoms with Crippen molar-refractivity contribution in [1.29, 1.82) is 0 Å². The van der Waals surface area contributed by atoms with Crippen LogP contribution in [0, 0.1) is 12.8 Å². The Morgan fingerprint density at radius 2 is 2.07 bits per heavy atom. The van der Waals surface area contributed by atoms with E-state index in [0.29, 0.717) is 12.5 Å². The summed E-state index contributed by atoms with van der Waals surface area (Å²) in [5.74, 6) is 1.29. The van der Waals surface area contributed by atoms with Crippen LogP contribution >= 0.6 is 23.1 Å². The average Bonchev–Trinajstić information content (AvgIpc) is 3.01. The number of hydrogen-bond acceptors (Lipinski definition) is 5. The summed E-state index contributed by atoms with van der Waals surface area (Å²) in [7, 11) is 0. The summed E-state index contributed by atoms with van der Waals surface area (Å²) in [6, 6.07) is 8.09. The molecule has 1 aromatic carbocycles. The molecule has 1 unspecified atom stereocenters. The van der Waals surface area contributed by atoms with E-state index in [0.717, 1.165) is 43.7 Å². The second-order valence-electron chi connectivity index (χ2n) is 7.29. The van der Waals surface area contributed by atoms with Crippen molar-refractivity contribution >= 4 is 33.3 Å². The lowest BCUT2D eigenvalue weighted by Crippen LogP contribution is -2.28. The van der Waals surface area contributed by atoms with Crippen LogP contribution in [-0.2, 0) is 17.8 Å². The van der Waals surface area contributed by atoms with Crippen LogP contribution in [-0.4, -0.2) is 21.4 Å². The average molecular weight is 401 g/mol. The fourth-order valence-electron chi connectivity index (χ4n) is 3.48. The molecule has 6 heteroatoms. The highest BCUT2D eigenvalue weighted by Gasteiger charge is 2.28. The molecule has 142 valence electrons. The molecule has 3 heterocycles. The SMILES string of the molecule is CCSc1nc2sc3c(c2c(=O)n1-c1ccc(C)cc1)CC(C(C)C)OC3. The van der Waals surface area contributed by atoms with Gasteiger partial charge in [0.05, 0.1) is 23.8 Å². The van der Waals surface area contributed by atoms with Crippen LogP contribution in [0.3, 0.4) is 0 Å². The lowest BCUT2D eigenvalue weighted by atomic mass is 9.96. The van der Waals surface area contributed by atoms with Crippen molar-refractivity contribution in [3.8, 4) is 5.69 Å². The Bertz CT molecular complexity index is 1040. The molecule has 2 aromatic heterocycles. The van der Waals surface area contributed by atoms with Gasteiger partial charge in [-0.1, -0.05) is 50.2 Å². The molecule has 0 radical (unpaired) electrons. The summed E-state index contributed by atoms with van der Waals surface area (Å²) in [5.41, 5.74) is 3.24. The molecule has 0 spiro atoms. The topological polar surface area (TPSA) is 44.1 Å². The van der Waals surface area contributed by atoms with Gasteiger partial charge in [0.2, 0.25) is 0 Å². The fourth-order valence-corrected chi connectivity index (χ4v) is 5.39. The molecule has 1 aliphatic rings. The van der Waals surface area contributed by atoms with Crippen molar-refractivity contribution in [3.63, 3.8) is 0 Å². The van der Waals surface area contributed by atoms with Crippen molar-refractivity contribution in [3.05, 3.63) is 50.6 Å². The van der Waals surface area contributed by atoms with E-state index in [2.05, 4.69) is 27.7 Å². The third-order valence-electron chi connectivity index (χ3n) is 5.02. The summed E-state index contributed by atoms with van der Waals surface area (Å²) in [4.78, 5) is 20.5. The van der Waals surface area contributed by atoms with Crippen molar-refractivity contribution < 1.29 is 4.74 Å². The van der Waals surface area contributed by atoms with Crippen LogP contribution in [0.1, 0.15) is 36.8 Å². The Morgan fingerprint density at radius 1 is 1.33 bits per heavy atom. The third-order valence-corrected chi connectivity index (χ3v) is 6.94. The van der Waals surface area contributed by atoms with Crippen molar-refractivity contribution in [2.75, 3.05) is 5.75 Å². The molecule has 0 saturated heterocycles. The zero-order valence-corrected chi connectivity index (χ0v) is 17.7. The molecule has 0 N–H and O–H groups in total. The highest BCUT2D eigenvalue weighted by Crippen LogP contribution is 2.36. The zero-order chi connectivity index (χ0) is 19.1. The Kier molecular flexibility index (Phi) is 5.14. The van der Waals surface area contributed by atoms with Gasteiger partial charge in [0.15, 0.2) is 5.16 Å². The van der Waals surface area contributed by atoms with Crippen molar-refractivity contribution in [2.45, 2.75) is 52.0 Å². The standard InChI is InChI=1S/C21H24N2O2S2/c1-5-26-21-22-19-18(15-10-16(12(2)3)25-11-17(15)27-19)20(24)23(21)14-8-6-13(4)7-9-14/h6-9,12,16H,5,10-11H2,1-4H3. The zero-order valence-electron chi connectivity index (χ0n) is 16.1. The Hall–Kier alpha value is -1.63. The van der Waals surface area contributed by atoms with E-state index < -0.39 is 0 Å². The highest BCUT2D eigenvalue weighted by molar-refractivity contribution is 7.99. The number of hydrogen-bond donors (Lipinski definition) is 0. The molecule has 1 atom stereocenters. The maximum Gasteiger partial charge on any atom is 0.267 e. The van der Waals surface area contributed by atoms with Gasteiger partial charge in [0.25, 0.3) is 5.56 Å². The number of aromatic nitrogens is 2. The first kappa shape index (κ1) is 18.7. The number of thiophene rings is 1. The number of rotatable bonds is 4. The second kappa shape index (κ2) is 7.41. The molecular formula is C21H24N2O2S2. The van der Waals surface area contributed by atoms with Crippen LogP contribution in [0.2, 0.25) is 0 Å². The minimum atomic E-state index is 0.0432.